The third-order valence-electron chi connectivity index (χ3n) is 2.52. The molecule has 98 valence electrons. The van der Waals surface area contributed by atoms with Crippen LogP contribution in [-0.4, -0.2) is 13.0 Å². The van der Waals surface area contributed by atoms with Crippen LogP contribution in [0.2, 0.25) is 5.02 Å². The number of rotatable bonds is 3. The van der Waals surface area contributed by atoms with E-state index in [2.05, 4.69) is 27.9 Å². The molecule has 0 unspecified atom stereocenters. The second-order valence-electron chi connectivity index (χ2n) is 3.81. The van der Waals surface area contributed by atoms with E-state index in [4.69, 9.17) is 16.3 Å². The lowest BCUT2D eigenvalue weighted by Gasteiger charge is -2.08. The van der Waals surface area contributed by atoms with Gasteiger partial charge in [0.05, 0.1) is 17.7 Å². The van der Waals surface area contributed by atoms with Crippen molar-refractivity contribution in [2.75, 3.05) is 12.4 Å². The molecule has 0 aliphatic heterocycles. The molecule has 0 saturated heterocycles. The van der Waals surface area contributed by atoms with Crippen LogP contribution in [0.1, 0.15) is 10.4 Å². The Morgan fingerprint density at radius 3 is 2.53 bits per heavy atom. The van der Waals surface area contributed by atoms with E-state index in [1.54, 1.807) is 43.5 Å². The monoisotopic (exact) mass is 387 g/mol. The molecule has 1 amide bonds. The molecule has 0 saturated carbocycles. The number of ether oxygens (including phenoxy) is 1. The Hall–Kier alpha value is -1.27. The molecule has 19 heavy (non-hydrogen) atoms. The topological polar surface area (TPSA) is 38.3 Å². The highest BCUT2D eigenvalue weighted by Crippen LogP contribution is 2.21. The minimum Gasteiger partial charge on any atom is -0.497 e. The van der Waals surface area contributed by atoms with Crippen molar-refractivity contribution in [2.45, 2.75) is 0 Å². The molecule has 1 N–H and O–H groups in total. The maximum atomic E-state index is 12.1. The van der Waals surface area contributed by atoms with Crippen molar-refractivity contribution in [3.05, 3.63) is 56.6 Å². The smallest absolute Gasteiger partial charge is 0.257 e. The van der Waals surface area contributed by atoms with Gasteiger partial charge in [-0.05, 0) is 65.1 Å². The van der Waals surface area contributed by atoms with Crippen LogP contribution in [0, 0.1) is 3.57 Å². The standard InChI is InChI=1S/C14H11ClINO2/c1-19-11-5-3-10(4-6-11)17-14(18)12-8-9(16)2-7-13(12)15/h2-8H,1H3,(H,17,18). The molecule has 0 fully saturated rings. The highest BCUT2D eigenvalue weighted by Gasteiger charge is 2.11. The second kappa shape index (κ2) is 6.25. The summed E-state index contributed by atoms with van der Waals surface area (Å²) in [6, 6.07) is 12.4. The number of benzene rings is 2. The lowest BCUT2D eigenvalue weighted by molar-refractivity contribution is 0.102. The molecule has 3 nitrogen and oxygen atoms in total. The first-order valence-electron chi connectivity index (χ1n) is 5.50. The second-order valence-corrected chi connectivity index (χ2v) is 5.46. The number of hydrogen-bond donors (Lipinski definition) is 1. The molecule has 0 atom stereocenters. The fourth-order valence-electron chi connectivity index (χ4n) is 1.54. The molecule has 2 aromatic rings. The minimum atomic E-state index is -0.228. The van der Waals surface area contributed by atoms with E-state index in [9.17, 15) is 4.79 Å². The number of carbonyl (C=O) groups excluding carboxylic acids is 1. The van der Waals surface area contributed by atoms with E-state index in [0.717, 1.165) is 9.32 Å². The predicted molar refractivity (Wildman–Crippen MR) is 85.1 cm³/mol. The Morgan fingerprint density at radius 2 is 1.89 bits per heavy atom. The van der Waals surface area contributed by atoms with Gasteiger partial charge in [-0.25, -0.2) is 0 Å². The van der Waals surface area contributed by atoms with Crippen LogP contribution < -0.4 is 10.1 Å². The fourth-order valence-corrected chi connectivity index (χ4v) is 2.24. The summed E-state index contributed by atoms with van der Waals surface area (Å²) in [5.41, 5.74) is 1.16. The van der Waals surface area contributed by atoms with E-state index in [1.807, 2.05) is 6.07 Å². The van der Waals surface area contributed by atoms with Gasteiger partial charge in [0.1, 0.15) is 5.75 Å². The average molecular weight is 388 g/mol. The van der Waals surface area contributed by atoms with E-state index in [-0.39, 0.29) is 5.91 Å². The first kappa shape index (κ1) is 14.1. The molecule has 0 bridgehead atoms. The quantitative estimate of drug-likeness (QED) is 0.802. The summed E-state index contributed by atoms with van der Waals surface area (Å²) >= 11 is 8.16. The highest BCUT2D eigenvalue weighted by molar-refractivity contribution is 14.1. The molecule has 0 spiro atoms. The van der Waals surface area contributed by atoms with Crippen molar-refractivity contribution in [3.63, 3.8) is 0 Å². The Kier molecular flexibility index (Phi) is 4.66. The Bertz CT molecular complexity index is 599. The third kappa shape index (κ3) is 3.61. The summed E-state index contributed by atoms with van der Waals surface area (Å²) in [6.07, 6.45) is 0. The number of nitrogens with one attached hydrogen (secondary N) is 1. The van der Waals surface area contributed by atoms with Gasteiger partial charge in [0.15, 0.2) is 0 Å². The summed E-state index contributed by atoms with van der Waals surface area (Å²) in [5, 5.41) is 3.23. The van der Waals surface area contributed by atoms with Crippen molar-refractivity contribution < 1.29 is 9.53 Å². The molecule has 0 aromatic heterocycles. The molecule has 0 heterocycles. The summed E-state index contributed by atoms with van der Waals surface area (Å²) in [7, 11) is 1.60. The number of methoxy groups -OCH3 is 1. The summed E-state index contributed by atoms with van der Waals surface area (Å²) in [4.78, 5) is 12.1. The zero-order chi connectivity index (χ0) is 13.8. The molecule has 0 radical (unpaired) electrons. The first-order valence-corrected chi connectivity index (χ1v) is 6.96. The van der Waals surface area contributed by atoms with Crippen molar-refractivity contribution >= 4 is 45.8 Å². The number of carbonyl (C=O) groups is 1. The van der Waals surface area contributed by atoms with Gasteiger partial charge in [0, 0.05) is 9.26 Å². The Balaban J connectivity index is 2.18. The molecule has 5 heteroatoms. The van der Waals surface area contributed by atoms with Crippen LogP contribution >= 0.6 is 34.2 Å². The van der Waals surface area contributed by atoms with Crippen LogP contribution in [0.25, 0.3) is 0 Å². The number of halogens is 2. The summed E-state index contributed by atoms with van der Waals surface area (Å²) < 4.78 is 6.02. The molecule has 2 rings (SSSR count). The molecule has 0 aliphatic carbocycles. The number of amides is 1. The summed E-state index contributed by atoms with van der Waals surface area (Å²) in [6.45, 7) is 0. The largest absolute Gasteiger partial charge is 0.497 e. The molecule has 2 aromatic carbocycles. The average Bonchev–Trinajstić information content (AvgIpc) is 2.42. The van der Waals surface area contributed by atoms with Gasteiger partial charge in [-0.1, -0.05) is 11.6 Å². The van der Waals surface area contributed by atoms with Crippen LogP contribution in [-0.2, 0) is 0 Å². The predicted octanol–water partition coefficient (Wildman–Crippen LogP) is 4.21. The molecular formula is C14H11ClINO2. The van der Waals surface area contributed by atoms with Gasteiger partial charge in [-0.3, -0.25) is 4.79 Å². The van der Waals surface area contributed by atoms with Crippen LogP contribution in [0.4, 0.5) is 5.69 Å². The number of hydrogen-bond acceptors (Lipinski definition) is 2. The van der Waals surface area contributed by atoms with Crippen LogP contribution in [0.15, 0.2) is 42.5 Å². The van der Waals surface area contributed by atoms with Gasteiger partial charge in [-0.15, -0.1) is 0 Å². The van der Waals surface area contributed by atoms with E-state index in [0.29, 0.717) is 16.3 Å². The summed E-state index contributed by atoms with van der Waals surface area (Å²) in [5.74, 6) is 0.513. The normalized spacial score (nSPS) is 10.1. The van der Waals surface area contributed by atoms with Crippen LogP contribution in [0.5, 0.6) is 5.75 Å². The van der Waals surface area contributed by atoms with Crippen molar-refractivity contribution in [1.29, 1.82) is 0 Å². The van der Waals surface area contributed by atoms with Gasteiger partial charge < -0.3 is 10.1 Å². The van der Waals surface area contributed by atoms with Gasteiger partial charge in [0.25, 0.3) is 5.91 Å². The lowest BCUT2D eigenvalue weighted by Crippen LogP contribution is -2.12. The Labute approximate surface area is 130 Å². The number of anilines is 1. The van der Waals surface area contributed by atoms with E-state index < -0.39 is 0 Å². The van der Waals surface area contributed by atoms with Crippen molar-refractivity contribution in [3.8, 4) is 5.75 Å². The van der Waals surface area contributed by atoms with Crippen molar-refractivity contribution in [1.82, 2.24) is 0 Å². The maximum absolute atomic E-state index is 12.1. The molecular weight excluding hydrogens is 377 g/mol. The zero-order valence-corrected chi connectivity index (χ0v) is 13.0. The molecule has 0 aliphatic rings. The fraction of sp³-hybridized carbons (Fsp3) is 0.0714. The van der Waals surface area contributed by atoms with Crippen molar-refractivity contribution in [2.24, 2.45) is 0 Å². The Morgan fingerprint density at radius 1 is 1.21 bits per heavy atom. The van der Waals surface area contributed by atoms with Gasteiger partial charge in [-0.2, -0.15) is 0 Å². The zero-order valence-electron chi connectivity index (χ0n) is 10.1. The van der Waals surface area contributed by atoms with Gasteiger partial charge in [0.2, 0.25) is 0 Å². The van der Waals surface area contributed by atoms with Gasteiger partial charge >= 0.3 is 0 Å². The van der Waals surface area contributed by atoms with E-state index >= 15 is 0 Å². The minimum absolute atomic E-state index is 0.228. The van der Waals surface area contributed by atoms with E-state index in [1.165, 1.54) is 0 Å². The maximum Gasteiger partial charge on any atom is 0.257 e. The first-order chi connectivity index (χ1) is 9.10. The van der Waals surface area contributed by atoms with Crippen LogP contribution in [0.3, 0.4) is 0 Å². The highest BCUT2D eigenvalue weighted by atomic mass is 127. The SMILES string of the molecule is COc1ccc(NC(=O)c2cc(I)ccc2Cl)cc1. The third-order valence-corrected chi connectivity index (χ3v) is 3.52. The lowest BCUT2D eigenvalue weighted by atomic mass is 10.2.